The summed E-state index contributed by atoms with van der Waals surface area (Å²) in [5, 5.41) is 0. The van der Waals surface area contributed by atoms with Crippen molar-refractivity contribution >= 4 is 11.3 Å². The van der Waals surface area contributed by atoms with Crippen LogP contribution >= 0.6 is 11.3 Å². The quantitative estimate of drug-likeness (QED) is 0.856. The maximum Gasteiger partial charge on any atom is 0.0459 e. The minimum Gasteiger partial charge on any atom is -0.323 e. The van der Waals surface area contributed by atoms with Gasteiger partial charge in [-0.05, 0) is 31.0 Å². The zero-order valence-corrected chi connectivity index (χ0v) is 11.2. The summed E-state index contributed by atoms with van der Waals surface area (Å²) in [7, 11) is 0. The molecule has 0 aliphatic rings. The molecule has 2 atom stereocenters. The van der Waals surface area contributed by atoms with Crippen LogP contribution in [-0.4, -0.2) is 0 Å². The van der Waals surface area contributed by atoms with Gasteiger partial charge in [-0.15, -0.1) is 11.3 Å². The Morgan fingerprint density at radius 1 is 1.12 bits per heavy atom. The van der Waals surface area contributed by atoms with Crippen molar-refractivity contribution in [3.63, 3.8) is 0 Å². The third-order valence-electron chi connectivity index (χ3n) is 3.19. The van der Waals surface area contributed by atoms with Crippen molar-refractivity contribution < 1.29 is 0 Å². The van der Waals surface area contributed by atoms with Gasteiger partial charge >= 0.3 is 0 Å². The first kappa shape index (κ1) is 12.3. The molecule has 1 aromatic heterocycles. The second-order valence-corrected chi connectivity index (χ2v) is 5.72. The highest BCUT2D eigenvalue weighted by Crippen LogP contribution is 2.34. The lowest BCUT2D eigenvalue weighted by atomic mass is 9.89. The second-order valence-electron chi connectivity index (χ2n) is 4.40. The largest absolute Gasteiger partial charge is 0.323 e. The Morgan fingerprint density at radius 3 is 2.35 bits per heavy atom. The molecule has 0 radical (unpaired) electrons. The summed E-state index contributed by atoms with van der Waals surface area (Å²) in [4.78, 5) is 2.62. The molecule has 1 heterocycles. The predicted octanol–water partition coefficient (Wildman–Crippen LogP) is 4.25. The van der Waals surface area contributed by atoms with E-state index in [1.165, 1.54) is 15.3 Å². The van der Waals surface area contributed by atoms with E-state index in [0.717, 1.165) is 6.42 Å². The van der Waals surface area contributed by atoms with E-state index in [1.807, 2.05) is 11.3 Å². The SMILES string of the molecule is CCC(c1ccccc1)C(N)c1ccc(C)s1. The monoisotopic (exact) mass is 245 g/mol. The molecule has 2 rings (SSSR count). The standard InChI is InChI=1S/C15H19NS/c1-3-13(12-7-5-4-6-8-12)15(16)14-10-9-11(2)17-14/h4-10,13,15H,3,16H2,1-2H3. The highest BCUT2D eigenvalue weighted by molar-refractivity contribution is 7.12. The van der Waals surface area contributed by atoms with Crippen LogP contribution in [0, 0.1) is 6.92 Å². The minimum absolute atomic E-state index is 0.112. The van der Waals surface area contributed by atoms with Crippen LogP contribution in [-0.2, 0) is 0 Å². The summed E-state index contributed by atoms with van der Waals surface area (Å²) in [6, 6.07) is 15.0. The Balaban J connectivity index is 2.25. The fourth-order valence-electron chi connectivity index (χ4n) is 2.23. The van der Waals surface area contributed by atoms with E-state index >= 15 is 0 Å². The molecule has 0 aliphatic heterocycles. The summed E-state index contributed by atoms with van der Waals surface area (Å²) in [5.74, 6) is 0.411. The van der Waals surface area contributed by atoms with Gasteiger partial charge in [-0.2, -0.15) is 0 Å². The van der Waals surface area contributed by atoms with E-state index in [2.05, 4.69) is 56.3 Å². The molecule has 2 N–H and O–H groups in total. The van der Waals surface area contributed by atoms with Crippen molar-refractivity contribution in [2.45, 2.75) is 32.2 Å². The van der Waals surface area contributed by atoms with Crippen LogP contribution in [0.25, 0.3) is 0 Å². The molecule has 1 nitrogen and oxygen atoms in total. The molecule has 0 spiro atoms. The lowest BCUT2D eigenvalue weighted by Crippen LogP contribution is -2.18. The van der Waals surface area contributed by atoms with Crippen molar-refractivity contribution in [2.24, 2.45) is 5.73 Å². The molecule has 0 bridgehead atoms. The zero-order valence-electron chi connectivity index (χ0n) is 10.4. The van der Waals surface area contributed by atoms with Crippen LogP contribution in [0.1, 0.15) is 40.6 Å². The molecule has 0 aliphatic carbocycles. The van der Waals surface area contributed by atoms with Crippen LogP contribution in [0.4, 0.5) is 0 Å². The summed E-state index contributed by atoms with van der Waals surface area (Å²) in [5.41, 5.74) is 7.75. The van der Waals surface area contributed by atoms with E-state index in [4.69, 9.17) is 5.73 Å². The molecule has 17 heavy (non-hydrogen) atoms. The van der Waals surface area contributed by atoms with E-state index < -0.39 is 0 Å². The Kier molecular flexibility index (Phi) is 3.97. The van der Waals surface area contributed by atoms with E-state index in [1.54, 1.807) is 0 Å². The summed E-state index contributed by atoms with van der Waals surface area (Å²) in [6.45, 7) is 4.34. The molecule has 2 heteroatoms. The molecule has 1 aromatic carbocycles. The molecule has 0 amide bonds. The minimum atomic E-state index is 0.112. The topological polar surface area (TPSA) is 26.0 Å². The maximum atomic E-state index is 6.41. The highest BCUT2D eigenvalue weighted by Gasteiger charge is 2.20. The predicted molar refractivity (Wildman–Crippen MR) is 75.5 cm³/mol. The van der Waals surface area contributed by atoms with Crippen molar-refractivity contribution in [2.75, 3.05) is 0 Å². The van der Waals surface area contributed by atoms with Gasteiger partial charge < -0.3 is 5.73 Å². The van der Waals surface area contributed by atoms with E-state index in [-0.39, 0.29) is 6.04 Å². The van der Waals surface area contributed by atoms with Gasteiger partial charge in [-0.1, -0.05) is 37.3 Å². The Morgan fingerprint density at radius 2 is 1.82 bits per heavy atom. The van der Waals surface area contributed by atoms with Crippen molar-refractivity contribution in [1.29, 1.82) is 0 Å². The molecule has 2 unspecified atom stereocenters. The van der Waals surface area contributed by atoms with Crippen LogP contribution in [0.2, 0.25) is 0 Å². The number of aryl methyl sites for hydroxylation is 1. The van der Waals surface area contributed by atoms with Gasteiger partial charge in [0.15, 0.2) is 0 Å². The first-order valence-electron chi connectivity index (χ1n) is 6.09. The molecule has 0 saturated carbocycles. The molecule has 0 fully saturated rings. The number of hydrogen-bond acceptors (Lipinski definition) is 2. The first-order chi connectivity index (χ1) is 8.22. The molecule has 2 aromatic rings. The average molecular weight is 245 g/mol. The van der Waals surface area contributed by atoms with Gasteiger partial charge in [0.25, 0.3) is 0 Å². The zero-order chi connectivity index (χ0) is 12.3. The molecule has 0 saturated heterocycles. The van der Waals surface area contributed by atoms with Crippen LogP contribution in [0.3, 0.4) is 0 Å². The smallest absolute Gasteiger partial charge is 0.0459 e. The molecular formula is C15H19NS. The Bertz CT molecular complexity index is 461. The second kappa shape index (κ2) is 5.48. The first-order valence-corrected chi connectivity index (χ1v) is 6.91. The number of nitrogens with two attached hydrogens (primary N) is 1. The third-order valence-corrected chi connectivity index (χ3v) is 4.29. The van der Waals surface area contributed by atoms with E-state index in [0.29, 0.717) is 5.92 Å². The van der Waals surface area contributed by atoms with Crippen molar-refractivity contribution in [1.82, 2.24) is 0 Å². The number of thiophene rings is 1. The van der Waals surface area contributed by atoms with Gasteiger partial charge in [0.05, 0.1) is 0 Å². The fourth-order valence-corrected chi connectivity index (χ4v) is 3.17. The third kappa shape index (κ3) is 2.76. The van der Waals surface area contributed by atoms with Crippen LogP contribution in [0.15, 0.2) is 42.5 Å². The van der Waals surface area contributed by atoms with Gasteiger partial charge in [-0.25, -0.2) is 0 Å². The van der Waals surface area contributed by atoms with Gasteiger partial charge in [0.2, 0.25) is 0 Å². The lowest BCUT2D eigenvalue weighted by molar-refractivity contribution is 0.546. The lowest BCUT2D eigenvalue weighted by Gasteiger charge is -2.22. The van der Waals surface area contributed by atoms with Crippen LogP contribution < -0.4 is 5.73 Å². The summed E-state index contributed by atoms with van der Waals surface area (Å²) >= 11 is 1.81. The van der Waals surface area contributed by atoms with Gasteiger partial charge in [0, 0.05) is 21.7 Å². The molecular weight excluding hydrogens is 226 g/mol. The van der Waals surface area contributed by atoms with Crippen LogP contribution in [0.5, 0.6) is 0 Å². The number of hydrogen-bond donors (Lipinski definition) is 1. The highest BCUT2D eigenvalue weighted by atomic mass is 32.1. The van der Waals surface area contributed by atoms with Gasteiger partial charge in [0.1, 0.15) is 0 Å². The van der Waals surface area contributed by atoms with Crippen molar-refractivity contribution in [3.05, 3.63) is 57.8 Å². The molecule has 90 valence electrons. The summed E-state index contributed by atoms with van der Waals surface area (Å²) in [6.07, 6.45) is 1.07. The normalized spacial score (nSPS) is 14.5. The number of benzene rings is 1. The van der Waals surface area contributed by atoms with Gasteiger partial charge in [-0.3, -0.25) is 0 Å². The Labute approximate surface area is 107 Å². The van der Waals surface area contributed by atoms with Crippen molar-refractivity contribution in [3.8, 4) is 0 Å². The Hall–Kier alpha value is -1.12. The average Bonchev–Trinajstić information content (AvgIpc) is 2.78. The summed E-state index contributed by atoms with van der Waals surface area (Å²) < 4.78 is 0. The van der Waals surface area contributed by atoms with E-state index in [9.17, 15) is 0 Å². The fraction of sp³-hybridized carbons (Fsp3) is 0.333. The maximum absolute atomic E-state index is 6.41. The number of rotatable bonds is 4.